The molecular formula is C18H26N4O. The first-order valence-electron chi connectivity index (χ1n) is 8.61. The normalized spacial score (nSPS) is 16.3. The number of hydrogen-bond donors (Lipinski definition) is 1. The topological polar surface area (TPSA) is 49.6 Å². The van der Waals surface area contributed by atoms with E-state index in [2.05, 4.69) is 17.1 Å². The van der Waals surface area contributed by atoms with Gasteiger partial charge in [0.15, 0.2) is 0 Å². The predicted octanol–water partition coefficient (Wildman–Crippen LogP) is 1.97. The molecule has 1 N–H and O–H groups in total. The third kappa shape index (κ3) is 3.62. The number of nitrogens with zero attached hydrogens (tertiary/aromatic N) is 3. The molecule has 3 rings (SSSR count). The van der Waals surface area contributed by atoms with Crippen molar-refractivity contribution in [3.05, 3.63) is 46.0 Å². The van der Waals surface area contributed by atoms with Gasteiger partial charge in [-0.25, -0.2) is 4.98 Å². The van der Waals surface area contributed by atoms with Crippen LogP contribution >= 0.6 is 0 Å². The zero-order chi connectivity index (χ0) is 16.2. The van der Waals surface area contributed by atoms with E-state index in [9.17, 15) is 4.79 Å². The molecule has 0 aromatic carbocycles. The molecule has 1 aliphatic heterocycles. The van der Waals surface area contributed by atoms with Gasteiger partial charge in [0.1, 0.15) is 5.65 Å². The molecule has 1 saturated heterocycles. The Bertz CT molecular complexity index is 719. The predicted molar refractivity (Wildman–Crippen MR) is 92.8 cm³/mol. The molecule has 0 amide bonds. The average Bonchev–Trinajstić information content (AvgIpc) is 2.56. The van der Waals surface area contributed by atoms with Gasteiger partial charge in [-0.3, -0.25) is 14.1 Å². The van der Waals surface area contributed by atoms with Crippen molar-refractivity contribution in [3.8, 4) is 0 Å². The van der Waals surface area contributed by atoms with Crippen LogP contribution in [-0.2, 0) is 6.54 Å². The van der Waals surface area contributed by atoms with Crippen LogP contribution < -0.4 is 10.9 Å². The number of rotatable bonds is 5. The van der Waals surface area contributed by atoms with Crippen molar-refractivity contribution in [2.75, 3.05) is 19.6 Å². The molecule has 0 bridgehead atoms. The summed E-state index contributed by atoms with van der Waals surface area (Å²) in [6.07, 6.45) is 5.25. The maximum Gasteiger partial charge on any atom is 0.258 e. The second-order valence-corrected chi connectivity index (χ2v) is 6.42. The van der Waals surface area contributed by atoms with E-state index in [0.29, 0.717) is 6.04 Å². The van der Waals surface area contributed by atoms with E-state index < -0.39 is 0 Å². The Morgan fingerprint density at radius 1 is 1.39 bits per heavy atom. The van der Waals surface area contributed by atoms with Crippen LogP contribution in [0, 0.1) is 6.92 Å². The average molecular weight is 314 g/mol. The van der Waals surface area contributed by atoms with Crippen LogP contribution in [0.5, 0.6) is 0 Å². The molecule has 3 heterocycles. The highest BCUT2D eigenvalue weighted by Gasteiger charge is 2.21. The molecule has 0 unspecified atom stereocenters. The molecule has 5 nitrogen and oxygen atoms in total. The van der Waals surface area contributed by atoms with Crippen LogP contribution in [-0.4, -0.2) is 40.0 Å². The first-order valence-corrected chi connectivity index (χ1v) is 8.61. The molecule has 0 radical (unpaired) electrons. The molecule has 0 atom stereocenters. The molecule has 1 fully saturated rings. The minimum atomic E-state index is 0.00968. The van der Waals surface area contributed by atoms with Crippen LogP contribution in [0.25, 0.3) is 5.65 Å². The minimum absolute atomic E-state index is 0.00968. The van der Waals surface area contributed by atoms with Crippen molar-refractivity contribution in [2.45, 2.75) is 45.7 Å². The van der Waals surface area contributed by atoms with Gasteiger partial charge in [0.2, 0.25) is 0 Å². The second kappa shape index (κ2) is 7.23. The molecule has 0 saturated carbocycles. The highest BCUT2D eigenvalue weighted by atomic mass is 16.1. The number of aromatic nitrogens is 2. The number of aryl methyl sites for hydroxylation is 1. The summed E-state index contributed by atoms with van der Waals surface area (Å²) in [5.74, 6) is 0. The number of fused-ring (bicyclic) bond motifs is 1. The minimum Gasteiger partial charge on any atom is -0.317 e. The van der Waals surface area contributed by atoms with Crippen LogP contribution in [0.1, 0.15) is 37.4 Å². The lowest BCUT2D eigenvalue weighted by atomic mass is 10.0. The van der Waals surface area contributed by atoms with Gasteiger partial charge >= 0.3 is 0 Å². The van der Waals surface area contributed by atoms with Gasteiger partial charge in [0, 0.05) is 24.8 Å². The maximum absolute atomic E-state index is 12.4. The van der Waals surface area contributed by atoms with Gasteiger partial charge in [-0.1, -0.05) is 13.0 Å². The summed E-state index contributed by atoms with van der Waals surface area (Å²) in [6.45, 7) is 8.19. The van der Waals surface area contributed by atoms with Crippen molar-refractivity contribution < 1.29 is 0 Å². The molecule has 0 spiro atoms. The Balaban J connectivity index is 1.89. The molecule has 23 heavy (non-hydrogen) atoms. The lowest BCUT2D eigenvalue weighted by molar-refractivity contribution is 0.152. The largest absolute Gasteiger partial charge is 0.317 e. The third-order valence-corrected chi connectivity index (χ3v) is 4.64. The Hall–Kier alpha value is -1.72. The summed E-state index contributed by atoms with van der Waals surface area (Å²) in [5, 5.41) is 3.42. The van der Waals surface area contributed by atoms with Gasteiger partial charge in [-0.05, 0) is 57.5 Å². The number of hydrogen-bond acceptors (Lipinski definition) is 4. The highest BCUT2D eigenvalue weighted by Crippen LogP contribution is 2.15. The van der Waals surface area contributed by atoms with E-state index >= 15 is 0 Å². The van der Waals surface area contributed by atoms with Gasteiger partial charge in [0.25, 0.3) is 5.56 Å². The Morgan fingerprint density at radius 3 is 2.91 bits per heavy atom. The Labute approximate surface area is 137 Å². The first-order chi connectivity index (χ1) is 11.2. The molecule has 2 aromatic rings. The molecule has 2 aromatic heterocycles. The number of nitrogens with one attached hydrogen (secondary N) is 1. The standard InChI is InChI=1S/C18H26N4O/c1-3-10-21(16-6-8-19-9-7-16)13-15-12-17(23)22-11-4-5-14(2)18(22)20-15/h4-5,11-12,16,19H,3,6-10,13H2,1-2H3. The van der Waals surface area contributed by atoms with E-state index in [-0.39, 0.29) is 5.56 Å². The molecule has 1 aliphatic rings. The summed E-state index contributed by atoms with van der Waals surface area (Å²) < 4.78 is 1.63. The van der Waals surface area contributed by atoms with Crippen molar-refractivity contribution in [2.24, 2.45) is 0 Å². The fourth-order valence-electron chi connectivity index (χ4n) is 3.45. The zero-order valence-corrected chi connectivity index (χ0v) is 14.1. The lowest BCUT2D eigenvalue weighted by Crippen LogP contribution is -2.43. The van der Waals surface area contributed by atoms with E-state index in [1.165, 1.54) is 12.8 Å². The zero-order valence-electron chi connectivity index (χ0n) is 14.1. The van der Waals surface area contributed by atoms with Crippen molar-refractivity contribution >= 4 is 5.65 Å². The van der Waals surface area contributed by atoms with Crippen LogP contribution in [0.3, 0.4) is 0 Å². The van der Waals surface area contributed by atoms with Crippen LogP contribution in [0.2, 0.25) is 0 Å². The number of piperidine rings is 1. The highest BCUT2D eigenvalue weighted by molar-refractivity contribution is 5.46. The smallest absolute Gasteiger partial charge is 0.258 e. The van der Waals surface area contributed by atoms with Gasteiger partial charge in [-0.15, -0.1) is 0 Å². The third-order valence-electron chi connectivity index (χ3n) is 4.64. The van der Waals surface area contributed by atoms with Crippen molar-refractivity contribution in [3.63, 3.8) is 0 Å². The fourth-order valence-corrected chi connectivity index (χ4v) is 3.45. The molecule has 5 heteroatoms. The Morgan fingerprint density at radius 2 is 2.17 bits per heavy atom. The van der Waals surface area contributed by atoms with Gasteiger partial charge < -0.3 is 5.32 Å². The summed E-state index contributed by atoms with van der Waals surface area (Å²) in [7, 11) is 0. The van der Waals surface area contributed by atoms with E-state index in [4.69, 9.17) is 4.98 Å². The second-order valence-electron chi connectivity index (χ2n) is 6.42. The van der Waals surface area contributed by atoms with E-state index in [1.807, 2.05) is 19.1 Å². The van der Waals surface area contributed by atoms with Gasteiger partial charge in [-0.2, -0.15) is 0 Å². The SMILES string of the molecule is CCCN(Cc1cc(=O)n2cccc(C)c2n1)C1CCNCC1. The maximum atomic E-state index is 12.4. The monoisotopic (exact) mass is 314 g/mol. The lowest BCUT2D eigenvalue weighted by Gasteiger charge is -2.34. The summed E-state index contributed by atoms with van der Waals surface area (Å²) in [5.41, 5.74) is 2.71. The van der Waals surface area contributed by atoms with E-state index in [1.54, 1.807) is 16.7 Å². The van der Waals surface area contributed by atoms with Gasteiger partial charge in [0.05, 0.1) is 5.69 Å². The van der Waals surface area contributed by atoms with Crippen molar-refractivity contribution in [1.29, 1.82) is 0 Å². The summed E-state index contributed by atoms with van der Waals surface area (Å²) >= 11 is 0. The summed E-state index contributed by atoms with van der Waals surface area (Å²) in [4.78, 5) is 19.6. The number of pyridine rings is 1. The van der Waals surface area contributed by atoms with Crippen molar-refractivity contribution in [1.82, 2.24) is 19.6 Å². The first kappa shape index (κ1) is 16.1. The fraction of sp³-hybridized carbons (Fsp3) is 0.556. The van der Waals surface area contributed by atoms with Crippen LogP contribution in [0.15, 0.2) is 29.2 Å². The van der Waals surface area contributed by atoms with E-state index in [0.717, 1.165) is 49.5 Å². The van der Waals surface area contributed by atoms with Crippen LogP contribution in [0.4, 0.5) is 0 Å². The molecule has 0 aliphatic carbocycles. The Kier molecular flexibility index (Phi) is 5.08. The quantitative estimate of drug-likeness (QED) is 0.917. The molecular weight excluding hydrogens is 288 g/mol. The summed E-state index contributed by atoms with van der Waals surface area (Å²) in [6, 6.07) is 6.18. The molecule has 124 valence electrons.